The summed E-state index contributed by atoms with van der Waals surface area (Å²) in [5.74, 6) is 2.12. The van der Waals surface area contributed by atoms with E-state index in [0.717, 1.165) is 76.3 Å². The van der Waals surface area contributed by atoms with Crippen molar-refractivity contribution < 1.29 is 14.7 Å². The zero-order chi connectivity index (χ0) is 24.0. The molecule has 2 aromatic heterocycles. The van der Waals surface area contributed by atoms with Crippen LogP contribution in [-0.4, -0.2) is 37.7 Å². The molecule has 0 aliphatic carbocycles. The van der Waals surface area contributed by atoms with Gasteiger partial charge in [0.05, 0.1) is 28.7 Å². The third kappa shape index (κ3) is 5.33. The largest absolute Gasteiger partial charge is 0.494 e. The number of amides is 1. The van der Waals surface area contributed by atoms with Gasteiger partial charge in [0.2, 0.25) is 5.91 Å². The third-order valence-corrected chi connectivity index (χ3v) is 5.96. The average Bonchev–Trinajstić information content (AvgIpc) is 3.52. The highest BCUT2D eigenvalue weighted by Gasteiger charge is 2.10. The maximum Gasteiger partial charge on any atom is 0.243 e. The summed E-state index contributed by atoms with van der Waals surface area (Å²) in [6.45, 7) is 0.626. The van der Waals surface area contributed by atoms with E-state index >= 15 is 0 Å². The number of nitrogens with zero attached hydrogens (tertiary/aromatic N) is 2. The first kappa shape index (κ1) is 22.6. The van der Waals surface area contributed by atoms with Gasteiger partial charge in [0.15, 0.2) is 0 Å². The number of para-hydroxylation sites is 2. The quantitative estimate of drug-likeness (QED) is 0.121. The van der Waals surface area contributed by atoms with Gasteiger partial charge in [-0.2, -0.15) is 0 Å². The predicted molar refractivity (Wildman–Crippen MR) is 135 cm³/mol. The summed E-state index contributed by atoms with van der Waals surface area (Å²) in [6.07, 6.45) is 3.94. The van der Waals surface area contributed by atoms with Gasteiger partial charge in [-0.15, -0.1) is 0 Å². The van der Waals surface area contributed by atoms with Gasteiger partial charge in [0.1, 0.15) is 17.4 Å². The molecule has 5 rings (SSSR count). The van der Waals surface area contributed by atoms with Gasteiger partial charge in [-0.25, -0.2) is 15.4 Å². The second-order valence-corrected chi connectivity index (χ2v) is 8.49. The van der Waals surface area contributed by atoms with Crippen molar-refractivity contribution in [1.82, 2.24) is 25.4 Å². The zero-order valence-electron chi connectivity index (χ0n) is 19.3. The minimum atomic E-state index is -0.336. The molecule has 178 valence electrons. The number of hydrogen-bond donors (Lipinski definition) is 4. The number of benzene rings is 3. The number of hydroxylamine groups is 1. The van der Waals surface area contributed by atoms with E-state index < -0.39 is 0 Å². The molecule has 0 saturated heterocycles. The Hall–Kier alpha value is -4.17. The lowest BCUT2D eigenvalue weighted by molar-refractivity contribution is -0.129. The number of rotatable bonds is 10. The van der Waals surface area contributed by atoms with Crippen molar-refractivity contribution in [2.24, 2.45) is 0 Å². The summed E-state index contributed by atoms with van der Waals surface area (Å²) in [5, 5.41) is 8.48. The maximum absolute atomic E-state index is 11.0. The van der Waals surface area contributed by atoms with Crippen LogP contribution in [0.25, 0.3) is 44.8 Å². The van der Waals surface area contributed by atoms with E-state index in [1.165, 1.54) is 0 Å². The topological polar surface area (TPSA) is 116 Å². The summed E-state index contributed by atoms with van der Waals surface area (Å²) in [7, 11) is 0. The van der Waals surface area contributed by atoms with Gasteiger partial charge >= 0.3 is 0 Å². The maximum atomic E-state index is 11.0. The zero-order valence-corrected chi connectivity index (χ0v) is 19.3. The molecule has 5 aromatic rings. The monoisotopic (exact) mass is 469 g/mol. The molecule has 3 aromatic carbocycles. The van der Waals surface area contributed by atoms with E-state index in [2.05, 4.69) is 16.0 Å². The van der Waals surface area contributed by atoms with Gasteiger partial charge < -0.3 is 14.7 Å². The van der Waals surface area contributed by atoms with E-state index in [-0.39, 0.29) is 5.91 Å². The number of nitrogens with one attached hydrogen (secondary N) is 3. The second-order valence-electron chi connectivity index (χ2n) is 8.49. The SMILES string of the molecule is O=C(CCCCCCOc1ccc(-c2nc3ccc(-c4nc5ccccc5[nH]4)cc3[nH]2)cc1)NO. The molecule has 0 radical (unpaired) electrons. The molecule has 8 heteroatoms. The Labute approximate surface area is 202 Å². The van der Waals surface area contributed by atoms with Crippen LogP contribution in [0.5, 0.6) is 5.75 Å². The number of unbranched alkanes of at least 4 members (excludes halogenated alkanes) is 3. The smallest absolute Gasteiger partial charge is 0.243 e. The number of ether oxygens (including phenoxy) is 1. The second kappa shape index (κ2) is 10.4. The first-order chi connectivity index (χ1) is 17.2. The molecule has 4 N–H and O–H groups in total. The van der Waals surface area contributed by atoms with Crippen molar-refractivity contribution in [3.63, 3.8) is 0 Å². The highest BCUT2D eigenvalue weighted by Crippen LogP contribution is 2.27. The van der Waals surface area contributed by atoms with Crippen molar-refractivity contribution >= 4 is 28.0 Å². The van der Waals surface area contributed by atoms with Gasteiger partial charge in [-0.05, 0) is 67.4 Å². The summed E-state index contributed by atoms with van der Waals surface area (Å²) < 4.78 is 5.83. The van der Waals surface area contributed by atoms with Crippen LogP contribution in [0.1, 0.15) is 32.1 Å². The Morgan fingerprint density at radius 1 is 0.800 bits per heavy atom. The molecule has 2 heterocycles. The van der Waals surface area contributed by atoms with Crippen LogP contribution in [0.4, 0.5) is 0 Å². The van der Waals surface area contributed by atoms with Gasteiger partial charge in [-0.1, -0.05) is 25.0 Å². The molecular formula is C27H27N5O3. The number of aromatic amines is 2. The third-order valence-electron chi connectivity index (χ3n) is 5.96. The van der Waals surface area contributed by atoms with E-state index in [4.69, 9.17) is 19.9 Å². The van der Waals surface area contributed by atoms with Gasteiger partial charge in [0, 0.05) is 17.5 Å². The van der Waals surface area contributed by atoms with E-state index in [9.17, 15) is 4.79 Å². The van der Waals surface area contributed by atoms with Crippen LogP contribution in [-0.2, 0) is 4.79 Å². The lowest BCUT2D eigenvalue weighted by atomic mass is 10.1. The van der Waals surface area contributed by atoms with Crippen LogP contribution in [0.15, 0.2) is 66.7 Å². The molecule has 8 nitrogen and oxygen atoms in total. The molecule has 1 amide bonds. The van der Waals surface area contributed by atoms with Crippen LogP contribution in [0.3, 0.4) is 0 Å². The van der Waals surface area contributed by atoms with Gasteiger partial charge in [0.25, 0.3) is 0 Å². The van der Waals surface area contributed by atoms with Crippen molar-refractivity contribution in [3.8, 4) is 28.5 Å². The lowest BCUT2D eigenvalue weighted by Crippen LogP contribution is -2.17. The Balaban J connectivity index is 1.19. The first-order valence-corrected chi connectivity index (χ1v) is 11.8. The number of hydrogen-bond acceptors (Lipinski definition) is 5. The number of aromatic nitrogens is 4. The van der Waals surface area contributed by atoms with Crippen LogP contribution >= 0.6 is 0 Å². The van der Waals surface area contributed by atoms with Crippen molar-refractivity contribution in [2.75, 3.05) is 6.61 Å². The Bertz CT molecular complexity index is 1410. The molecule has 0 fully saturated rings. The minimum absolute atomic E-state index is 0.336. The fourth-order valence-electron chi connectivity index (χ4n) is 4.08. The molecule has 0 spiro atoms. The average molecular weight is 470 g/mol. The molecule has 0 aliphatic rings. The summed E-state index contributed by atoms with van der Waals surface area (Å²) in [6, 6.07) is 22.0. The molecule has 35 heavy (non-hydrogen) atoms. The number of imidazole rings is 2. The number of H-pyrrole nitrogens is 2. The highest BCUT2D eigenvalue weighted by atomic mass is 16.5. The molecular weight excluding hydrogens is 442 g/mol. The first-order valence-electron chi connectivity index (χ1n) is 11.8. The van der Waals surface area contributed by atoms with Crippen molar-refractivity contribution in [2.45, 2.75) is 32.1 Å². The normalized spacial score (nSPS) is 11.2. The fourth-order valence-corrected chi connectivity index (χ4v) is 4.08. The van der Waals surface area contributed by atoms with E-state index in [1.807, 2.05) is 60.7 Å². The number of carbonyl (C=O) groups excluding carboxylic acids is 1. The summed E-state index contributed by atoms with van der Waals surface area (Å²) in [5.41, 5.74) is 7.46. The molecule has 0 aliphatic heterocycles. The summed E-state index contributed by atoms with van der Waals surface area (Å²) in [4.78, 5) is 27.2. The minimum Gasteiger partial charge on any atom is -0.494 e. The molecule has 0 saturated carbocycles. The Kier molecular flexibility index (Phi) is 6.72. The molecule has 0 bridgehead atoms. The number of carbonyl (C=O) groups is 1. The summed E-state index contributed by atoms with van der Waals surface area (Å²) >= 11 is 0. The van der Waals surface area contributed by atoms with E-state index in [1.54, 1.807) is 5.48 Å². The Morgan fingerprint density at radius 2 is 1.49 bits per heavy atom. The van der Waals surface area contributed by atoms with Crippen LogP contribution in [0.2, 0.25) is 0 Å². The molecule has 0 atom stereocenters. The lowest BCUT2D eigenvalue weighted by Gasteiger charge is -2.06. The predicted octanol–water partition coefficient (Wildman–Crippen LogP) is 5.61. The fraction of sp³-hybridized carbons (Fsp3) is 0.222. The van der Waals surface area contributed by atoms with Crippen molar-refractivity contribution in [3.05, 3.63) is 66.7 Å². The number of fused-ring (bicyclic) bond motifs is 2. The van der Waals surface area contributed by atoms with Crippen molar-refractivity contribution in [1.29, 1.82) is 0 Å². The highest BCUT2D eigenvalue weighted by molar-refractivity contribution is 5.85. The van der Waals surface area contributed by atoms with Crippen LogP contribution in [0, 0.1) is 0 Å². The molecule has 0 unspecified atom stereocenters. The van der Waals surface area contributed by atoms with E-state index in [0.29, 0.717) is 13.0 Å². The Morgan fingerprint density at radius 3 is 2.29 bits per heavy atom. The standard InChI is InChI=1S/C27H27N5O3/c33-25(32-34)9-3-1-2-6-16-35-20-13-10-18(11-14-20)26-30-23-15-12-19(17-24(23)31-26)27-28-21-7-4-5-8-22(21)29-27/h4-5,7-8,10-15,17,34H,1-3,6,9,16H2,(H,28,29)(H,30,31)(H,32,33). The van der Waals surface area contributed by atoms with Crippen LogP contribution < -0.4 is 10.2 Å². The van der Waals surface area contributed by atoms with Gasteiger partial charge in [-0.3, -0.25) is 10.0 Å².